The summed E-state index contributed by atoms with van der Waals surface area (Å²) in [5.41, 5.74) is 2.35. The fraction of sp³-hybridized carbons (Fsp3) is 0.286. The van der Waals surface area contributed by atoms with Crippen LogP contribution in [-0.4, -0.2) is 26.8 Å². The van der Waals surface area contributed by atoms with Gasteiger partial charge in [-0.2, -0.15) is 5.10 Å². The summed E-state index contributed by atoms with van der Waals surface area (Å²) in [5.74, 6) is 0.349. The van der Waals surface area contributed by atoms with Gasteiger partial charge in [-0.15, -0.1) is 0 Å². The zero-order chi connectivity index (χ0) is 20.3. The van der Waals surface area contributed by atoms with Crippen molar-refractivity contribution >= 4 is 23.2 Å². The van der Waals surface area contributed by atoms with Crippen molar-refractivity contribution in [1.29, 1.82) is 0 Å². The third kappa shape index (κ3) is 4.51. The van der Waals surface area contributed by atoms with Crippen LogP contribution in [0.25, 0.3) is 5.69 Å². The number of carbonyl (C=O) groups is 1. The second-order valence-electron chi connectivity index (χ2n) is 7.50. The van der Waals surface area contributed by atoms with Crippen LogP contribution in [0, 0.1) is 0 Å². The normalized spacial score (nSPS) is 12.5. The Morgan fingerprint density at radius 1 is 1.18 bits per heavy atom. The van der Waals surface area contributed by atoms with Crippen LogP contribution in [0.3, 0.4) is 0 Å². The van der Waals surface area contributed by atoms with Crippen LogP contribution in [0.2, 0.25) is 5.02 Å². The van der Waals surface area contributed by atoms with Crippen molar-refractivity contribution < 1.29 is 9.53 Å². The van der Waals surface area contributed by atoms with Crippen LogP contribution >= 0.6 is 11.6 Å². The number of amides is 1. The van der Waals surface area contributed by atoms with Crippen molar-refractivity contribution in [2.75, 3.05) is 5.32 Å². The lowest BCUT2D eigenvalue weighted by molar-refractivity contribution is -0.122. The van der Waals surface area contributed by atoms with Crippen LogP contribution in [0.1, 0.15) is 33.3 Å². The molecule has 1 amide bonds. The molecular formula is C21H23ClN4O2. The quantitative estimate of drug-likeness (QED) is 0.680. The first-order chi connectivity index (χ1) is 13.3. The Hall–Kier alpha value is -2.86. The highest BCUT2D eigenvalue weighted by molar-refractivity contribution is 6.33. The van der Waals surface area contributed by atoms with Gasteiger partial charge in [0.15, 0.2) is 6.10 Å². The zero-order valence-electron chi connectivity index (χ0n) is 16.3. The molecule has 3 rings (SSSR count). The first-order valence-electron chi connectivity index (χ1n) is 8.97. The van der Waals surface area contributed by atoms with Gasteiger partial charge < -0.3 is 10.1 Å². The van der Waals surface area contributed by atoms with Crippen molar-refractivity contribution in [2.24, 2.45) is 0 Å². The molecule has 0 aliphatic rings. The largest absolute Gasteiger partial charge is 0.481 e. The summed E-state index contributed by atoms with van der Waals surface area (Å²) in [6.07, 6.45) is 2.23. The van der Waals surface area contributed by atoms with Crippen LogP contribution < -0.4 is 10.1 Å². The molecule has 6 nitrogen and oxygen atoms in total. The molecule has 0 spiro atoms. The van der Waals surface area contributed by atoms with Crippen molar-refractivity contribution in [3.63, 3.8) is 0 Å². The van der Waals surface area contributed by atoms with Crippen LogP contribution in [0.5, 0.6) is 5.75 Å². The fourth-order valence-electron chi connectivity index (χ4n) is 2.70. The van der Waals surface area contributed by atoms with Gasteiger partial charge in [-0.3, -0.25) is 4.79 Å². The predicted molar refractivity (Wildman–Crippen MR) is 110 cm³/mol. The molecule has 1 heterocycles. The number of nitrogens with zero attached hydrogens (tertiary/aromatic N) is 3. The fourth-order valence-corrected chi connectivity index (χ4v) is 2.96. The molecule has 0 aliphatic heterocycles. The van der Waals surface area contributed by atoms with Gasteiger partial charge >= 0.3 is 0 Å². The van der Waals surface area contributed by atoms with E-state index < -0.39 is 6.10 Å². The first kappa shape index (κ1) is 19.9. The number of aromatic nitrogens is 3. The van der Waals surface area contributed by atoms with E-state index in [0.717, 1.165) is 0 Å². The molecule has 146 valence electrons. The standard InChI is InChI=1S/C21H23ClN4O2/c1-14(28-16-10-8-15(9-11-16)21(2,3)4)20(27)25-18-7-5-6-17(22)19(18)26-13-23-12-24-26/h5-14H,1-4H3,(H,25,27). The van der Waals surface area contributed by atoms with Crippen LogP contribution in [0.4, 0.5) is 5.69 Å². The van der Waals surface area contributed by atoms with Gasteiger partial charge in [-0.05, 0) is 42.2 Å². The van der Waals surface area contributed by atoms with E-state index in [1.165, 1.54) is 22.9 Å². The first-order valence-corrected chi connectivity index (χ1v) is 9.35. The Kier molecular flexibility index (Phi) is 5.70. The topological polar surface area (TPSA) is 69.0 Å². The van der Waals surface area contributed by atoms with Gasteiger partial charge in [0, 0.05) is 0 Å². The van der Waals surface area contributed by atoms with E-state index >= 15 is 0 Å². The van der Waals surface area contributed by atoms with Crippen molar-refractivity contribution in [3.8, 4) is 11.4 Å². The monoisotopic (exact) mass is 398 g/mol. The molecule has 0 aliphatic carbocycles. The Bertz CT molecular complexity index is 948. The molecule has 0 radical (unpaired) electrons. The molecule has 0 fully saturated rings. The minimum absolute atomic E-state index is 0.0614. The Morgan fingerprint density at radius 3 is 2.50 bits per heavy atom. The maximum absolute atomic E-state index is 12.7. The third-order valence-corrected chi connectivity index (χ3v) is 4.60. The molecule has 7 heteroatoms. The minimum Gasteiger partial charge on any atom is -0.481 e. The maximum Gasteiger partial charge on any atom is 0.265 e. The number of carbonyl (C=O) groups excluding carboxylic acids is 1. The number of rotatable bonds is 5. The lowest BCUT2D eigenvalue weighted by Crippen LogP contribution is -2.30. The van der Waals surface area contributed by atoms with Crippen molar-refractivity contribution in [3.05, 3.63) is 65.7 Å². The predicted octanol–water partition coefficient (Wildman–Crippen LogP) is 4.62. The summed E-state index contributed by atoms with van der Waals surface area (Å²) in [6, 6.07) is 13.0. The Morgan fingerprint density at radius 2 is 1.89 bits per heavy atom. The van der Waals surface area contributed by atoms with Crippen LogP contribution in [-0.2, 0) is 10.2 Å². The molecule has 3 aromatic rings. The number of anilines is 1. The summed E-state index contributed by atoms with van der Waals surface area (Å²) in [4.78, 5) is 16.6. The Labute approximate surface area is 169 Å². The van der Waals surface area contributed by atoms with Crippen molar-refractivity contribution in [2.45, 2.75) is 39.2 Å². The molecule has 1 aromatic heterocycles. The van der Waals surface area contributed by atoms with Gasteiger partial charge in [-0.25, -0.2) is 9.67 Å². The van der Waals surface area contributed by atoms with Crippen LogP contribution in [0.15, 0.2) is 55.1 Å². The molecule has 2 aromatic carbocycles. The van der Waals surface area contributed by atoms with E-state index in [4.69, 9.17) is 16.3 Å². The van der Waals surface area contributed by atoms with E-state index in [2.05, 4.69) is 36.2 Å². The van der Waals surface area contributed by atoms with E-state index in [0.29, 0.717) is 22.1 Å². The lowest BCUT2D eigenvalue weighted by atomic mass is 9.87. The number of hydrogen-bond donors (Lipinski definition) is 1. The summed E-state index contributed by atoms with van der Waals surface area (Å²) >= 11 is 6.29. The van der Waals surface area contributed by atoms with Gasteiger partial charge in [0.1, 0.15) is 24.1 Å². The summed E-state index contributed by atoms with van der Waals surface area (Å²) in [7, 11) is 0. The average Bonchev–Trinajstić information content (AvgIpc) is 3.15. The van der Waals surface area contributed by atoms with E-state index in [9.17, 15) is 4.79 Å². The van der Waals surface area contributed by atoms with E-state index in [-0.39, 0.29) is 11.3 Å². The highest BCUT2D eigenvalue weighted by atomic mass is 35.5. The van der Waals surface area contributed by atoms with Gasteiger partial charge in [0.2, 0.25) is 0 Å². The second kappa shape index (κ2) is 8.02. The molecule has 28 heavy (non-hydrogen) atoms. The van der Waals surface area contributed by atoms with E-state index in [1.54, 1.807) is 25.1 Å². The maximum atomic E-state index is 12.7. The highest BCUT2D eigenvalue weighted by Crippen LogP contribution is 2.28. The summed E-state index contributed by atoms with van der Waals surface area (Å²) in [6.45, 7) is 8.15. The third-order valence-electron chi connectivity index (χ3n) is 4.29. The smallest absolute Gasteiger partial charge is 0.265 e. The highest BCUT2D eigenvalue weighted by Gasteiger charge is 2.19. The number of para-hydroxylation sites is 1. The second-order valence-corrected chi connectivity index (χ2v) is 7.91. The molecule has 0 bridgehead atoms. The molecule has 1 unspecified atom stereocenters. The summed E-state index contributed by atoms with van der Waals surface area (Å²) < 4.78 is 7.31. The van der Waals surface area contributed by atoms with Crippen molar-refractivity contribution in [1.82, 2.24) is 14.8 Å². The minimum atomic E-state index is -0.692. The molecule has 1 N–H and O–H groups in total. The number of ether oxygens (including phenoxy) is 1. The molecular weight excluding hydrogens is 376 g/mol. The van der Waals surface area contributed by atoms with Gasteiger partial charge in [0.25, 0.3) is 5.91 Å². The number of hydrogen-bond acceptors (Lipinski definition) is 4. The summed E-state index contributed by atoms with van der Waals surface area (Å²) in [5, 5.41) is 7.41. The van der Waals surface area contributed by atoms with E-state index in [1.807, 2.05) is 24.3 Å². The molecule has 1 atom stereocenters. The lowest BCUT2D eigenvalue weighted by Gasteiger charge is -2.20. The average molecular weight is 399 g/mol. The molecule has 0 saturated heterocycles. The van der Waals surface area contributed by atoms with Gasteiger partial charge in [-0.1, -0.05) is 50.6 Å². The number of nitrogens with one attached hydrogen (secondary N) is 1. The SMILES string of the molecule is CC(Oc1ccc(C(C)(C)C)cc1)C(=O)Nc1cccc(Cl)c1-n1cncn1. The zero-order valence-corrected chi connectivity index (χ0v) is 17.1. The number of halogens is 1. The number of benzene rings is 2. The van der Waals surface area contributed by atoms with Gasteiger partial charge in [0.05, 0.1) is 10.7 Å². The Balaban J connectivity index is 1.73. The molecule has 0 saturated carbocycles.